The number of aromatic amines is 1. The number of fused-ring (bicyclic) bond motifs is 2. The smallest absolute Gasteiger partial charge is 0.278 e. The van der Waals surface area contributed by atoms with E-state index in [4.69, 9.17) is 0 Å². The summed E-state index contributed by atoms with van der Waals surface area (Å²) in [5, 5.41) is 12.6. The SMILES string of the molecule is CN(Cc1nc2ccccc2[nH]1)c1ccc([N+](=O)[O-])c2cnccc12. The first kappa shape index (κ1) is 15.1. The summed E-state index contributed by atoms with van der Waals surface area (Å²) in [7, 11) is 1.94. The van der Waals surface area contributed by atoms with Gasteiger partial charge in [-0.15, -0.1) is 0 Å². The van der Waals surface area contributed by atoms with Gasteiger partial charge in [0.25, 0.3) is 5.69 Å². The Bertz CT molecular complexity index is 1060. The number of aromatic nitrogens is 3. The largest absolute Gasteiger partial charge is 0.367 e. The van der Waals surface area contributed by atoms with Crippen molar-refractivity contribution < 1.29 is 4.92 Å². The molecule has 7 heteroatoms. The van der Waals surface area contributed by atoms with E-state index >= 15 is 0 Å². The molecule has 0 aliphatic rings. The average molecular weight is 333 g/mol. The summed E-state index contributed by atoms with van der Waals surface area (Å²) in [6.45, 7) is 0.559. The van der Waals surface area contributed by atoms with Gasteiger partial charge in [-0.05, 0) is 24.3 Å². The molecule has 7 nitrogen and oxygen atoms in total. The number of nitrogens with zero attached hydrogens (tertiary/aromatic N) is 4. The maximum absolute atomic E-state index is 11.2. The van der Waals surface area contributed by atoms with Crippen LogP contribution in [0.4, 0.5) is 11.4 Å². The summed E-state index contributed by atoms with van der Waals surface area (Å²) in [5.41, 5.74) is 2.86. The number of para-hydroxylation sites is 2. The van der Waals surface area contributed by atoms with Gasteiger partial charge in [0.15, 0.2) is 0 Å². The van der Waals surface area contributed by atoms with Crippen molar-refractivity contribution >= 4 is 33.2 Å². The first-order valence-electron chi connectivity index (χ1n) is 7.79. The summed E-state index contributed by atoms with van der Waals surface area (Å²) >= 11 is 0. The third-order valence-electron chi connectivity index (χ3n) is 4.21. The van der Waals surface area contributed by atoms with Gasteiger partial charge in [0, 0.05) is 36.6 Å². The molecule has 4 rings (SSSR count). The Kier molecular flexibility index (Phi) is 3.53. The first-order valence-corrected chi connectivity index (χ1v) is 7.79. The summed E-state index contributed by atoms with van der Waals surface area (Å²) in [6.07, 6.45) is 3.18. The molecule has 0 bridgehead atoms. The van der Waals surface area contributed by atoms with Gasteiger partial charge >= 0.3 is 0 Å². The molecule has 124 valence electrons. The molecule has 25 heavy (non-hydrogen) atoms. The Morgan fingerprint density at radius 2 is 2.00 bits per heavy atom. The lowest BCUT2D eigenvalue weighted by molar-refractivity contribution is -0.383. The second-order valence-corrected chi connectivity index (χ2v) is 5.84. The number of anilines is 1. The zero-order chi connectivity index (χ0) is 17.4. The van der Waals surface area contributed by atoms with Crippen LogP contribution in [0.25, 0.3) is 21.8 Å². The van der Waals surface area contributed by atoms with Crippen LogP contribution in [-0.2, 0) is 6.54 Å². The summed E-state index contributed by atoms with van der Waals surface area (Å²) in [4.78, 5) is 24.8. The van der Waals surface area contributed by atoms with Crippen LogP contribution < -0.4 is 4.90 Å². The average Bonchev–Trinajstić information content (AvgIpc) is 3.02. The third kappa shape index (κ3) is 2.65. The minimum Gasteiger partial charge on any atom is -0.367 e. The van der Waals surface area contributed by atoms with E-state index in [0.717, 1.165) is 27.9 Å². The number of pyridine rings is 1. The second kappa shape index (κ2) is 5.86. The van der Waals surface area contributed by atoms with Gasteiger partial charge in [-0.3, -0.25) is 15.1 Å². The molecule has 0 unspecified atom stereocenters. The molecule has 0 atom stereocenters. The van der Waals surface area contributed by atoms with Crippen LogP contribution in [0.15, 0.2) is 54.9 Å². The van der Waals surface area contributed by atoms with Crippen LogP contribution in [-0.4, -0.2) is 26.9 Å². The second-order valence-electron chi connectivity index (χ2n) is 5.84. The highest BCUT2D eigenvalue weighted by molar-refractivity contribution is 5.99. The standard InChI is InChI=1S/C18H15N5O2/c1-22(11-18-20-14-4-2-3-5-15(14)21-18)16-6-7-17(23(24)25)13-10-19-9-8-12(13)16/h2-10H,11H2,1H3,(H,20,21). The number of imidazole rings is 1. The molecule has 1 N–H and O–H groups in total. The van der Waals surface area contributed by atoms with E-state index in [0.29, 0.717) is 11.9 Å². The van der Waals surface area contributed by atoms with Crippen molar-refractivity contribution in [1.29, 1.82) is 0 Å². The molecule has 2 heterocycles. The predicted octanol–water partition coefficient (Wildman–Crippen LogP) is 3.66. The van der Waals surface area contributed by atoms with E-state index in [1.54, 1.807) is 18.3 Å². The fourth-order valence-corrected chi connectivity index (χ4v) is 3.04. The summed E-state index contributed by atoms with van der Waals surface area (Å²) in [5.74, 6) is 0.837. The summed E-state index contributed by atoms with van der Waals surface area (Å²) in [6, 6.07) is 12.9. The maximum atomic E-state index is 11.2. The van der Waals surface area contributed by atoms with Gasteiger partial charge in [0.1, 0.15) is 5.82 Å². The zero-order valence-corrected chi connectivity index (χ0v) is 13.5. The molecule has 0 radical (unpaired) electrons. The highest BCUT2D eigenvalue weighted by Gasteiger charge is 2.17. The lowest BCUT2D eigenvalue weighted by Crippen LogP contribution is -2.17. The van der Waals surface area contributed by atoms with Crippen LogP contribution in [0.5, 0.6) is 0 Å². The lowest BCUT2D eigenvalue weighted by atomic mass is 10.1. The molecule has 0 aliphatic heterocycles. The van der Waals surface area contributed by atoms with E-state index in [2.05, 4.69) is 15.0 Å². The highest BCUT2D eigenvalue weighted by Crippen LogP contribution is 2.32. The van der Waals surface area contributed by atoms with Crippen molar-refractivity contribution in [1.82, 2.24) is 15.0 Å². The van der Waals surface area contributed by atoms with Crippen molar-refractivity contribution in [3.05, 3.63) is 70.8 Å². The van der Waals surface area contributed by atoms with Crippen LogP contribution in [0, 0.1) is 10.1 Å². The van der Waals surface area contributed by atoms with Crippen molar-refractivity contribution in [2.45, 2.75) is 6.54 Å². The Morgan fingerprint density at radius 1 is 1.16 bits per heavy atom. The van der Waals surface area contributed by atoms with Crippen LogP contribution in [0.1, 0.15) is 5.82 Å². The normalized spacial score (nSPS) is 11.1. The Balaban J connectivity index is 1.73. The molecular weight excluding hydrogens is 318 g/mol. The number of nitrogens with one attached hydrogen (secondary N) is 1. The molecule has 0 amide bonds. The third-order valence-corrected chi connectivity index (χ3v) is 4.21. The molecule has 0 saturated heterocycles. The Morgan fingerprint density at radius 3 is 2.80 bits per heavy atom. The number of benzene rings is 2. The van der Waals surface area contributed by atoms with Gasteiger partial charge in [0.2, 0.25) is 0 Å². The number of nitro groups is 1. The predicted molar refractivity (Wildman–Crippen MR) is 96.6 cm³/mol. The molecule has 0 spiro atoms. The monoisotopic (exact) mass is 333 g/mol. The van der Waals surface area contributed by atoms with Gasteiger partial charge in [-0.25, -0.2) is 4.98 Å². The number of H-pyrrole nitrogens is 1. The Labute approximate surface area is 143 Å². The topological polar surface area (TPSA) is 88.0 Å². The lowest BCUT2D eigenvalue weighted by Gasteiger charge is -2.20. The highest BCUT2D eigenvalue weighted by atomic mass is 16.6. The minimum absolute atomic E-state index is 0.0592. The molecular formula is C18H15N5O2. The molecule has 0 aliphatic carbocycles. The number of rotatable bonds is 4. The van der Waals surface area contributed by atoms with Gasteiger partial charge in [-0.1, -0.05) is 12.1 Å². The van der Waals surface area contributed by atoms with E-state index in [-0.39, 0.29) is 10.6 Å². The van der Waals surface area contributed by atoms with Crippen LogP contribution in [0.3, 0.4) is 0 Å². The Hall–Kier alpha value is -3.48. The molecule has 4 aromatic rings. The fraction of sp³-hybridized carbons (Fsp3) is 0.111. The van der Waals surface area contributed by atoms with Crippen LogP contribution >= 0.6 is 0 Å². The van der Waals surface area contributed by atoms with E-state index in [1.807, 2.05) is 36.2 Å². The van der Waals surface area contributed by atoms with Gasteiger partial charge in [-0.2, -0.15) is 0 Å². The fourth-order valence-electron chi connectivity index (χ4n) is 3.04. The molecule has 0 fully saturated rings. The number of non-ortho nitro benzene ring substituents is 1. The van der Waals surface area contributed by atoms with E-state index in [1.165, 1.54) is 12.3 Å². The van der Waals surface area contributed by atoms with Crippen molar-refractivity contribution in [3.63, 3.8) is 0 Å². The zero-order valence-electron chi connectivity index (χ0n) is 13.5. The maximum Gasteiger partial charge on any atom is 0.278 e. The molecule has 0 saturated carbocycles. The van der Waals surface area contributed by atoms with Crippen molar-refractivity contribution in [2.24, 2.45) is 0 Å². The summed E-state index contributed by atoms with van der Waals surface area (Å²) < 4.78 is 0. The van der Waals surface area contributed by atoms with E-state index < -0.39 is 0 Å². The quantitative estimate of drug-likeness (QED) is 0.455. The van der Waals surface area contributed by atoms with Crippen LogP contribution in [0.2, 0.25) is 0 Å². The van der Waals surface area contributed by atoms with Crippen molar-refractivity contribution in [3.8, 4) is 0 Å². The first-order chi connectivity index (χ1) is 12.1. The minimum atomic E-state index is -0.382. The number of hydrogen-bond acceptors (Lipinski definition) is 5. The number of hydrogen-bond donors (Lipinski definition) is 1. The van der Waals surface area contributed by atoms with Gasteiger partial charge < -0.3 is 9.88 Å². The van der Waals surface area contributed by atoms with Crippen molar-refractivity contribution in [2.75, 3.05) is 11.9 Å². The van der Waals surface area contributed by atoms with E-state index in [9.17, 15) is 10.1 Å². The number of nitro benzene ring substituents is 1. The van der Waals surface area contributed by atoms with Gasteiger partial charge in [0.05, 0.1) is 27.9 Å². The molecule has 2 aromatic heterocycles. The molecule has 2 aromatic carbocycles.